The van der Waals surface area contributed by atoms with Crippen LogP contribution in [0.15, 0.2) is 18.2 Å². The maximum Gasteiger partial charge on any atom is 0.408 e. The van der Waals surface area contributed by atoms with Gasteiger partial charge in [-0.25, -0.2) is 4.79 Å². The van der Waals surface area contributed by atoms with Gasteiger partial charge in [0.2, 0.25) is 5.91 Å². The summed E-state index contributed by atoms with van der Waals surface area (Å²) in [6.45, 7) is 17.2. The number of nitrogens with zero attached hydrogens (tertiary/aromatic N) is 1. The lowest BCUT2D eigenvalue weighted by Gasteiger charge is -2.53. The van der Waals surface area contributed by atoms with Crippen LogP contribution < -0.4 is 10.1 Å². The molecule has 3 aliphatic heterocycles. The lowest BCUT2D eigenvalue weighted by atomic mass is 9.70. The monoisotopic (exact) mass is 500 g/mol. The fourth-order valence-corrected chi connectivity index (χ4v) is 5.97. The Hall–Kier alpha value is -2.28. The van der Waals surface area contributed by atoms with Crippen molar-refractivity contribution in [2.45, 2.75) is 104 Å². The van der Waals surface area contributed by atoms with Crippen LogP contribution in [0.1, 0.15) is 85.0 Å². The van der Waals surface area contributed by atoms with Gasteiger partial charge in [-0.15, -0.1) is 0 Å². The normalized spacial score (nSPS) is 27.8. The van der Waals surface area contributed by atoms with Gasteiger partial charge in [0.05, 0.1) is 12.2 Å². The topological polar surface area (TPSA) is 77.1 Å². The van der Waals surface area contributed by atoms with Gasteiger partial charge < -0.3 is 24.4 Å². The van der Waals surface area contributed by atoms with Crippen LogP contribution in [0.2, 0.25) is 0 Å². The van der Waals surface area contributed by atoms with E-state index in [1.165, 1.54) is 5.56 Å². The maximum absolute atomic E-state index is 13.6. The molecule has 5 atom stereocenters. The number of aryl methyl sites for hydroxylation is 1. The molecule has 2 fully saturated rings. The molecule has 7 heteroatoms. The molecular weight excluding hydrogens is 456 g/mol. The molecule has 2 amide bonds. The van der Waals surface area contributed by atoms with Crippen molar-refractivity contribution in [3.63, 3.8) is 0 Å². The van der Waals surface area contributed by atoms with Crippen LogP contribution in [-0.4, -0.2) is 53.3 Å². The third-order valence-corrected chi connectivity index (χ3v) is 7.66. The summed E-state index contributed by atoms with van der Waals surface area (Å²) in [5, 5.41) is 2.84. The smallest absolute Gasteiger partial charge is 0.408 e. The second kappa shape index (κ2) is 9.88. The fraction of sp³-hybridized carbons (Fsp3) is 0.724. The van der Waals surface area contributed by atoms with Crippen LogP contribution in [0, 0.1) is 24.7 Å². The summed E-state index contributed by atoms with van der Waals surface area (Å²) in [7, 11) is 0. The molecule has 0 spiro atoms. The van der Waals surface area contributed by atoms with E-state index in [0.29, 0.717) is 19.5 Å². The quantitative estimate of drug-likeness (QED) is 0.599. The van der Waals surface area contributed by atoms with Crippen molar-refractivity contribution < 1.29 is 23.8 Å². The summed E-state index contributed by atoms with van der Waals surface area (Å²) in [6, 6.07) is 5.78. The van der Waals surface area contributed by atoms with Gasteiger partial charge in [0, 0.05) is 30.5 Å². The summed E-state index contributed by atoms with van der Waals surface area (Å²) in [6.07, 6.45) is 1.88. The van der Waals surface area contributed by atoms with E-state index in [-0.39, 0.29) is 41.5 Å². The van der Waals surface area contributed by atoms with Gasteiger partial charge in [-0.05, 0) is 78.4 Å². The van der Waals surface area contributed by atoms with Crippen molar-refractivity contribution >= 4 is 12.0 Å². The van der Waals surface area contributed by atoms with Crippen molar-refractivity contribution in [3.8, 4) is 5.75 Å². The Morgan fingerprint density at radius 1 is 1.25 bits per heavy atom. The number of hydrogen-bond donors (Lipinski definition) is 1. The molecule has 36 heavy (non-hydrogen) atoms. The number of piperidine rings is 1. The lowest BCUT2D eigenvalue weighted by Crippen LogP contribution is -2.58. The van der Waals surface area contributed by atoms with Crippen LogP contribution in [0.5, 0.6) is 5.75 Å². The van der Waals surface area contributed by atoms with Gasteiger partial charge in [0.15, 0.2) is 0 Å². The van der Waals surface area contributed by atoms with Crippen LogP contribution in [0.4, 0.5) is 4.79 Å². The number of amides is 2. The lowest BCUT2D eigenvalue weighted by molar-refractivity contribution is -0.189. The first-order valence-electron chi connectivity index (χ1n) is 13.5. The zero-order chi connectivity index (χ0) is 26.4. The number of carbonyl (C=O) groups is 2. The molecule has 0 unspecified atom stereocenters. The number of hydrogen-bond acceptors (Lipinski definition) is 5. The van der Waals surface area contributed by atoms with Crippen LogP contribution in [0.3, 0.4) is 0 Å². The summed E-state index contributed by atoms with van der Waals surface area (Å²) in [4.78, 5) is 28.0. The molecule has 7 nitrogen and oxygen atoms in total. The Bertz CT molecular complexity index is 982. The van der Waals surface area contributed by atoms with E-state index in [4.69, 9.17) is 14.2 Å². The molecule has 1 N–H and O–H groups in total. The molecule has 200 valence electrons. The first-order chi connectivity index (χ1) is 16.7. The van der Waals surface area contributed by atoms with Gasteiger partial charge in [0.1, 0.15) is 23.0 Å². The molecule has 0 bridgehead atoms. The first-order valence-corrected chi connectivity index (χ1v) is 13.5. The number of nitrogens with one attached hydrogen (secondary N) is 1. The molecule has 3 aliphatic rings. The molecule has 1 aromatic carbocycles. The highest BCUT2D eigenvalue weighted by molar-refractivity contribution is 5.86. The van der Waals surface area contributed by atoms with Crippen LogP contribution in [-0.2, 0) is 14.3 Å². The molecular formula is C29H44N2O5. The van der Waals surface area contributed by atoms with Crippen molar-refractivity contribution in [3.05, 3.63) is 29.3 Å². The Morgan fingerprint density at radius 2 is 1.97 bits per heavy atom. The Labute approximate surface area is 216 Å². The number of alkyl carbamates (subject to hydrolysis) is 1. The predicted octanol–water partition coefficient (Wildman–Crippen LogP) is 5.40. The maximum atomic E-state index is 13.6. The highest BCUT2D eigenvalue weighted by Crippen LogP contribution is 2.53. The average molecular weight is 501 g/mol. The average Bonchev–Trinajstić information content (AvgIpc) is 2.74. The molecule has 3 heterocycles. The molecule has 0 aromatic heterocycles. The first kappa shape index (κ1) is 26.8. The number of benzene rings is 1. The Balaban J connectivity index is 1.47. The van der Waals surface area contributed by atoms with Crippen molar-refractivity contribution in [2.75, 3.05) is 13.1 Å². The van der Waals surface area contributed by atoms with Crippen molar-refractivity contribution in [2.24, 2.45) is 17.8 Å². The number of ether oxygens (including phenoxy) is 3. The van der Waals surface area contributed by atoms with E-state index in [1.807, 2.05) is 25.7 Å². The second-order valence-corrected chi connectivity index (χ2v) is 12.8. The number of rotatable bonds is 4. The third kappa shape index (κ3) is 5.82. The molecule has 4 rings (SSSR count). The van der Waals surface area contributed by atoms with E-state index in [1.54, 1.807) is 0 Å². The van der Waals surface area contributed by atoms with Gasteiger partial charge >= 0.3 is 6.09 Å². The summed E-state index contributed by atoms with van der Waals surface area (Å²) < 4.78 is 18.7. The van der Waals surface area contributed by atoms with Gasteiger partial charge in [0.25, 0.3) is 0 Å². The fourth-order valence-electron chi connectivity index (χ4n) is 5.97. The van der Waals surface area contributed by atoms with Gasteiger partial charge in [-0.1, -0.05) is 26.0 Å². The van der Waals surface area contributed by atoms with Crippen LogP contribution in [0.25, 0.3) is 0 Å². The minimum atomic E-state index is -0.615. The van der Waals surface area contributed by atoms with E-state index < -0.39 is 17.7 Å². The molecule has 0 saturated carbocycles. The number of likely N-dealkylation sites (tertiary alicyclic amines) is 1. The van der Waals surface area contributed by atoms with Crippen molar-refractivity contribution in [1.82, 2.24) is 10.2 Å². The molecule has 0 radical (unpaired) electrons. The van der Waals surface area contributed by atoms with E-state index >= 15 is 0 Å². The highest BCUT2D eigenvalue weighted by atomic mass is 16.6. The summed E-state index contributed by atoms with van der Waals surface area (Å²) >= 11 is 0. The van der Waals surface area contributed by atoms with Gasteiger partial charge in [-0.2, -0.15) is 0 Å². The van der Waals surface area contributed by atoms with E-state index in [2.05, 4.69) is 58.1 Å². The summed E-state index contributed by atoms with van der Waals surface area (Å²) in [5.41, 5.74) is 1.34. The van der Waals surface area contributed by atoms with E-state index in [9.17, 15) is 9.59 Å². The Kier molecular flexibility index (Phi) is 7.35. The predicted molar refractivity (Wildman–Crippen MR) is 139 cm³/mol. The second-order valence-electron chi connectivity index (χ2n) is 12.8. The summed E-state index contributed by atoms with van der Waals surface area (Å²) in [5.74, 6) is 1.59. The van der Waals surface area contributed by atoms with Crippen LogP contribution >= 0.6 is 0 Å². The van der Waals surface area contributed by atoms with E-state index in [0.717, 1.165) is 24.2 Å². The minimum absolute atomic E-state index is 0.00961. The highest BCUT2D eigenvalue weighted by Gasteiger charge is 2.51. The Morgan fingerprint density at radius 3 is 2.64 bits per heavy atom. The molecule has 2 saturated heterocycles. The zero-order valence-corrected chi connectivity index (χ0v) is 23.2. The van der Waals surface area contributed by atoms with Crippen molar-refractivity contribution in [1.29, 1.82) is 0 Å². The standard InChI is InChI=1S/C29H44N2O5/c1-17(2)13-22(30-27(33)36-28(4,5)6)26(32)31-12-11-23-19(16-31)15-21-25(34-23)20-10-9-18(3)14-24(20)35-29(21,7)8/h9-10,14,17,19,21-23,25H,11-13,15-16H2,1-8H3,(H,30,33)/t19-,21+,22+,23+,25-/m1/s1. The number of fused-ring (bicyclic) bond motifs is 4. The number of carbonyl (C=O) groups excluding carboxylic acids is 2. The molecule has 0 aliphatic carbocycles. The molecule has 1 aromatic rings. The SMILES string of the molecule is Cc1ccc2c(c1)OC(C)(C)[C@H]1C[C@@H]3CN(C(=O)[C@H](CC(C)C)NC(=O)OC(C)(C)C)CC[C@@H]3O[C@H]21. The minimum Gasteiger partial charge on any atom is -0.487 e. The third-order valence-electron chi connectivity index (χ3n) is 7.66. The largest absolute Gasteiger partial charge is 0.487 e. The van der Waals surface area contributed by atoms with Gasteiger partial charge in [-0.3, -0.25) is 4.79 Å². The zero-order valence-electron chi connectivity index (χ0n) is 23.2.